The summed E-state index contributed by atoms with van der Waals surface area (Å²) in [6.07, 6.45) is 1.57. The zero-order valence-corrected chi connectivity index (χ0v) is 23.0. The zero-order chi connectivity index (χ0) is 25.8. The molecule has 0 aromatic heterocycles. The Bertz CT molecular complexity index is 1360. The van der Waals surface area contributed by atoms with Gasteiger partial charge in [-0.15, -0.1) is 0 Å². The molecule has 184 valence electrons. The highest BCUT2D eigenvalue weighted by Crippen LogP contribution is 2.38. The van der Waals surface area contributed by atoms with Gasteiger partial charge in [0, 0.05) is 16.3 Å². The third-order valence-corrected chi connectivity index (χ3v) is 7.41. The maximum atomic E-state index is 13.0. The van der Waals surface area contributed by atoms with Crippen molar-refractivity contribution in [3.05, 3.63) is 96.5 Å². The molecule has 3 aromatic rings. The Morgan fingerprint density at radius 2 is 1.75 bits per heavy atom. The van der Waals surface area contributed by atoms with E-state index in [9.17, 15) is 18.8 Å². The van der Waals surface area contributed by atoms with Gasteiger partial charge in [-0.3, -0.25) is 19.3 Å². The van der Waals surface area contributed by atoms with Crippen LogP contribution >= 0.6 is 55.2 Å². The average molecular weight is 655 g/mol. The summed E-state index contributed by atoms with van der Waals surface area (Å²) < 4.78 is 20.2. The number of hydrogen-bond acceptors (Lipinski definition) is 5. The fourth-order valence-corrected chi connectivity index (χ4v) is 5.71. The van der Waals surface area contributed by atoms with E-state index in [1.807, 2.05) is 18.2 Å². The van der Waals surface area contributed by atoms with Gasteiger partial charge in [-0.1, -0.05) is 29.8 Å². The number of nitrogens with zero attached hydrogens (tertiary/aromatic N) is 1. The van der Waals surface area contributed by atoms with Crippen LogP contribution < -0.4 is 10.1 Å². The molecule has 1 fully saturated rings. The van der Waals surface area contributed by atoms with Gasteiger partial charge in [-0.2, -0.15) is 0 Å². The van der Waals surface area contributed by atoms with Crippen molar-refractivity contribution in [2.24, 2.45) is 0 Å². The Kier molecular flexibility index (Phi) is 8.50. The molecule has 1 aliphatic heterocycles. The molecule has 0 saturated carbocycles. The molecular formula is C25H16Br2ClFN2O4S. The molecule has 3 aromatic carbocycles. The third-order valence-electron chi connectivity index (χ3n) is 4.95. The second-order valence-corrected chi connectivity index (χ2v) is 10.6. The van der Waals surface area contributed by atoms with Gasteiger partial charge in [0.1, 0.15) is 24.7 Å². The van der Waals surface area contributed by atoms with Crippen molar-refractivity contribution in [1.82, 2.24) is 4.90 Å². The van der Waals surface area contributed by atoms with E-state index in [4.69, 9.17) is 16.3 Å². The molecular weight excluding hydrogens is 639 g/mol. The van der Waals surface area contributed by atoms with Crippen molar-refractivity contribution >= 4 is 84.0 Å². The van der Waals surface area contributed by atoms with Crippen LogP contribution in [0.1, 0.15) is 11.1 Å². The molecule has 0 aliphatic carbocycles. The molecule has 6 nitrogen and oxygen atoms in total. The number of amides is 3. The van der Waals surface area contributed by atoms with E-state index < -0.39 is 29.4 Å². The summed E-state index contributed by atoms with van der Waals surface area (Å²) in [6, 6.07) is 16.0. The second kappa shape index (κ2) is 11.6. The third kappa shape index (κ3) is 6.36. The van der Waals surface area contributed by atoms with Crippen LogP contribution in [0.2, 0.25) is 5.02 Å². The summed E-state index contributed by atoms with van der Waals surface area (Å²) in [4.78, 5) is 38.6. The molecule has 1 aliphatic rings. The molecule has 11 heteroatoms. The highest BCUT2D eigenvalue weighted by molar-refractivity contribution is 9.11. The van der Waals surface area contributed by atoms with Gasteiger partial charge < -0.3 is 10.1 Å². The normalized spacial score (nSPS) is 14.4. The average Bonchev–Trinajstić information content (AvgIpc) is 3.08. The highest BCUT2D eigenvalue weighted by Gasteiger charge is 2.36. The van der Waals surface area contributed by atoms with Crippen LogP contribution in [0.3, 0.4) is 0 Å². The first-order valence-corrected chi connectivity index (χ1v) is 13.2. The highest BCUT2D eigenvalue weighted by atomic mass is 79.9. The number of rotatable bonds is 7. The molecule has 36 heavy (non-hydrogen) atoms. The lowest BCUT2D eigenvalue weighted by Crippen LogP contribution is -2.36. The van der Waals surface area contributed by atoms with Gasteiger partial charge >= 0.3 is 0 Å². The van der Waals surface area contributed by atoms with Crippen LogP contribution in [0.25, 0.3) is 6.08 Å². The first kappa shape index (κ1) is 26.4. The van der Waals surface area contributed by atoms with Crippen LogP contribution in [-0.4, -0.2) is 28.5 Å². The smallest absolute Gasteiger partial charge is 0.294 e. The van der Waals surface area contributed by atoms with Gasteiger partial charge in [0.2, 0.25) is 5.91 Å². The summed E-state index contributed by atoms with van der Waals surface area (Å²) >= 11 is 13.9. The Morgan fingerprint density at radius 1 is 1.08 bits per heavy atom. The van der Waals surface area contributed by atoms with E-state index in [0.717, 1.165) is 22.2 Å². The second-order valence-electron chi connectivity index (χ2n) is 7.52. The monoisotopic (exact) mass is 652 g/mol. The fraction of sp³-hybridized carbons (Fsp3) is 0.0800. The van der Waals surface area contributed by atoms with Crippen molar-refractivity contribution < 1.29 is 23.5 Å². The molecule has 1 saturated heterocycles. The number of carbonyl (C=O) groups is 3. The predicted octanol–water partition coefficient (Wildman–Crippen LogP) is 7.26. The molecule has 0 bridgehead atoms. The lowest BCUT2D eigenvalue weighted by molar-refractivity contribution is -0.127. The van der Waals surface area contributed by atoms with Gasteiger partial charge in [-0.05, 0) is 97.7 Å². The van der Waals surface area contributed by atoms with Crippen LogP contribution in [0, 0.1) is 5.82 Å². The Morgan fingerprint density at radius 3 is 2.42 bits per heavy atom. The van der Waals surface area contributed by atoms with Gasteiger partial charge in [0.05, 0.1) is 13.9 Å². The molecule has 3 amide bonds. The van der Waals surface area contributed by atoms with Crippen LogP contribution in [0.15, 0.2) is 74.5 Å². The molecule has 1 heterocycles. The van der Waals surface area contributed by atoms with Crippen molar-refractivity contribution in [3.63, 3.8) is 0 Å². The maximum Gasteiger partial charge on any atom is 0.294 e. The van der Waals surface area contributed by atoms with E-state index >= 15 is 0 Å². The number of carbonyl (C=O) groups excluding carboxylic acids is 3. The molecule has 0 radical (unpaired) electrons. The van der Waals surface area contributed by atoms with E-state index in [-0.39, 0.29) is 11.5 Å². The van der Waals surface area contributed by atoms with E-state index in [0.29, 0.717) is 31.0 Å². The lowest BCUT2D eigenvalue weighted by atomic mass is 10.2. The minimum absolute atomic E-state index is 0.179. The summed E-state index contributed by atoms with van der Waals surface area (Å²) in [7, 11) is 0. The Balaban J connectivity index is 1.44. The summed E-state index contributed by atoms with van der Waals surface area (Å²) in [5.41, 5.74) is 1.83. The maximum absolute atomic E-state index is 13.0. The van der Waals surface area contributed by atoms with Crippen LogP contribution in [-0.2, 0) is 16.2 Å². The number of anilines is 1. The lowest BCUT2D eigenvalue weighted by Gasteiger charge is -2.13. The molecule has 0 spiro atoms. The Labute approximate surface area is 232 Å². The van der Waals surface area contributed by atoms with E-state index in [1.54, 1.807) is 24.3 Å². The number of nitrogens with one attached hydrogen (secondary N) is 1. The van der Waals surface area contributed by atoms with E-state index in [1.165, 1.54) is 24.3 Å². The molecule has 4 rings (SSSR count). The number of thioether (sulfide) groups is 1. The van der Waals surface area contributed by atoms with Crippen LogP contribution in [0.5, 0.6) is 5.75 Å². The quantitative estimate of drug-likeness (QED) is 0.272. The fourth-order valence-electron chi connectivity index (χ4n) is 3.23. The SMILES string of the molecule is O=C(CN1C(=O)S/C(=C\c2cc(Br)c(OCc3ccccc3Cl)c(Br)c2)C1=O)Nc1ccc(F)cc1. The largest absolute Gasteiger partial charge is 0.486 e. The van der Waals surface area contributed by atoms with Crippen molar-refractivity contribution in [2.45, 2.75) is 6.61 Å². The minimum atomic E-state index is -0.578. The van der Waals surface area contributed by atoms with Crippen molar-refractivity contribution in [1.29, 1.82) is 0 Å². The number of benzene rings is 3. The first-order valence-electron chi connectivity index (χ1n) is 10.4. The number of ether oxygens (including phenoxy) is 1. The minimum Gasteiger partial charge on any atom is -0.486 e. The summed E-state index contributed by atoms with van der Waals surface area (Å²) in [5.74, 6) is -1.04. The summed E-state index contributed by atoms with van der Waals surface area (Å²) in [6.45, 7) is -0.198. The number of halogens is 4. The van der Waals surface area contributed by atoms with Gasteiger partial charge in [0.15, 0.2) is 0 Å². The first-order chi connectivity index (χ1) is 17.2. The van der Waals surface area contributed by atoms with Crippen LogP contribution in [0.4, 0.5) is 14.9 Å². The molecule has 0 atom stereocenters. The molecule has 1 N–H and O–H groups in total. The van der Waals surface area contributed by atoms with Gasteiger partial charge in [-0.25, -0.2) is 4.39 Å². The number of hydrogen-bond donors (Lipinski definition) is 1. The van der Waals surface area contributed by atoms with Crippen molar-refractivity contribution in [2.75, 3.05) is 11.9 Å². The zero-order valence-electron chi connectivity index (χ0n) is 18.3. The Hall–Kier alpha value is -2.66. The predicted molar refractivity (Wildman–Crippen MR) is 145 cm³/mol. The molecule has 0 unspecified atom stereocenters. The van der Waals surface area contributed by atoms with E-state index in [2.05, 4.69) is 37.2 Å². The summed E-state index contributed by atoms with van der Waals surface area (Å²) in [5, 5.41) is 2.58. The topological polar surface area (TPSA) is 75.7 Å². The number of imide groups is 1. The van der Waals surface area contributed by atoms with Crippen molar-refractivity contribution in [3.8, 4) is 5.75 Å². The van der Waals surface area contributed by atoms with Gasteiger partial charge in [0.25, 0.3) is 11.1 Å². The standard InChI is InChI=1S/C25H16Br2ClFN2O4S/c26-18-9-14(10-19(27)23(18)35-13-15-3-1-2-4-20(15)28)11-21-24(33)31(25(34)36-21)12-22(32)30-17-7-5-16(29)6-8-17/h1-11H,12-13H2,(H,30,32)/b21-11-.